The fraction of sp³-hybridized carbons (Fsp3) is 0.300. The van der Waals surface area contributed by atoms with Gasteiger partial charge in [0.1, 0.15) is 5.75 Å². The van der Waals surface area contributed by atoms with Gasteiger partial charge in [-0.2, -0.15) is 0 Å². The number of anilines is 1. The molecule has 132 valence electrons. The highest BCUT2D eigenvalue weighted by Crippen LogP contribution is 2.23. The van der Waals surface area contributed by atoms with Crippen molar-refractivity contribution < 1.29 is 19.4 Å². The molecule has 5 heteroatoms. The average molecular weight is 341 g/mol. The zero-order chi connectivity index (χ0) is 18.4. The van der Waals surface area contributed by atoms with Crippen LogP contribution in [0.25, 0.3) is 0 Å². The molecule has 0 fully saturated rings. The maximum Gasteiger partial charge on any atom is 0.335 e. The second-order valence-electron chi connectivity index (χ2n) is 6.21. The van der Waals surface area contributed by atoms with Crippen molar-refractivity contribution >= 4 is 17.6 Å². The van der Waals surface area contributed by atoms with Crippen molar-refractivity contribution in [1.29, 1.82) is 0 Å². The lowest BCUT2D eigenvalue weighted by Gasteiger charge is -2.12. The summed E-state index contributed by atoms with van der Waals surface area (Å²) in [5.74, 6) is -0.0540. The average Bonchev–Trinajstić information content (AvgIpc) is 2.54. The molecule has 0 spiro atoms. The molecule has 2 rings (SSSR count). The largest absolute Gasteiger partial charge is 0.493 e. The molecule has 25 heavy (non-hydrogen) atoms. The summed E-state index contributed by atoms with van der Waals surface area (Å²) >= 11 is 0. The number of carbonyl (C=O) groups excluding carboxylic acids is 1. The van der Waals surface area contributed by atoms with Gasteiger partial charge in [-0.05, 0) is 54.3 Å². The summed E-state index contributed by atoms with van der Waals surface area (Å²) < 4.78 is 5.64. The van der Waals surface area contributed by atoms with Crippen molar-refractivity contribution in [1.82, 2.24) is 0 Å². The molecule has 0 aliphatic carbocycles. The number of hydrogen-bond donors (Lipinski definition) is 2. The highest BCUT2D eigenvalue weighted by atomic mass is 16.5. The van der Waals surface area contributed by atoms with Crippen LogP contribution in [0.1, 0.15) is 47.7 Å². The topological polar surface area (TPSA) is 75.6 Å². The lowest BCUT2D eigenvalue weighted by molar-refractivity contribution is -0.116. The Balaban J connectivity index is 1.85. The fourth-order valence-electron chi connectivity index (χ4n) is 2.60. The SMILES string of the molecule is Cc1cc(OCCC(=O)Nc2cccc(C(=O)O)c2)ccc1C(C)C. The predicted octanol–water partition coefficient (Wildman–Crippen LogP) is 4.22. The van der Waals surface area contributed by atoms with Crippen molar-refractivity contribution in [3.05, 3.63) is 59.2 Å². The number of aromatic carboxylic acids is 1. The molecule has 0 heterocycles. The minimum atomic E-state index is -1.03. The van der Waals surface area contributed by atoms with Gasteiger partial charge in [0.15, 0.2) is 0 Å². The normalized spacial score (nSPS) is 10.6. The van der Waals surface area contributed by atoms with Crippen LogP contribution < -0.4 is 10.1 Å². The van der Waals surface area contributed by atoms with Gasteiger partial charge in [-0.15, -0.1) is 0 Å². The summed E-state index contributed by atoms with van der Waals surface area (Å²) in [6.07, 6.45) is 0.183. The first-order chi connectivity index (χ1) is 11.9. The van der Waals surface area contributed by atoms with E-state index in [0.29, 0.717) is 11.6 Å². The van der Waals surface area contributed by atoms with E-state index in [1.807, 2.05) is 25.1 Å². The quantitative estimate of drug-likeness (QED) is 0.790. The van der Waals surface area contributed by atoms with Crippen LogP contribution in [0.5, 0.6) is 5.75 Å². The zero-order valence-corrected chi connectivity index (χ0v) is 14.7. The molecule has 0 saturated carbocycles. The summed E-state index contributed by atoms with van der Waals surface area (Å²) in [5, 5.41) is 11.6. The second kappa shape index (κ2) is 8.33. The molecule has 1 amide bonds. The van der Waals surface area contributed by atoms with E-state index < -0.39 is 5.97 Å². The summed E-state index contributed by atoms with van der Waals surface area (Å²) in [5.41, 5.74) is 3.04. The third kappa shape index (κ3) is 5.35. The van der Waals surface area contributed by atoms with Crippen LogP contribution in [0.3, 0.4) is 0 Å². The lowest BCUT2D eigenvalue weighted by atomic mass is 9.98. The third-order valence-corrected chi connectivity index (χ3v) is 3.85. The first-order valence-corrected chi connectivity index (χ1v) is 8.23. The van der Waals surface area contributed by atoms with Gasteiger partial charge in [0.05, 0.1) is 18.6 Å². The molecular weight excluding hydrogens is 318 g/mol. The monoisotopic (exact) mass is 341 g/mol. The summed E-state index contributed by atoms with van der Waals surface area (Å²) in [6, 6.07) is 12.1. The fourth-order valence-corrected chi connectivity index (χ4v) is 2.60. The maximum absolute atomic E-state index is 12.0. The van der Waals surface area contributed by atoms with Crippen LogP contribution in [0.2, 0.25) is 0 Å². The Bertz CT molecular complexity index is 768. The first kappa shape index (κ1) is 18.5. The van der Waals surface area contributed by atoms with Crippen molar-refractivity contribution in [2.24, 2.45) is 0 Å². The van der Waals surface area contributed by atoms with Gasteiger partial charge in [-0.3, -0.25) is 4.79 Å². The van der Waals surface area contributed by atoms with Crippen molar-refractivity contribution in [3.63, 3.8) is 0 Å². The zero-order valence-electron chi connectivity index (χ0n) is 14.7. The highest BCUT2D eigenvalue weighted by molar-refractivity contribution is 5.93. The van der Waals surface area contributed by atoms with Crippen LogP contribution in [0.4, 0.5) is 5.69 Å². The van der Waals surface area contributed by atoms with E-state index in [1.165, 1.54) is 23.3 Å². The van der Waals surface area contributed by atoms with Crippen LogP contribution in [0.15, 0.2) is 42.5 Å². The second-order valence-corrected chi connectivity index (χ2v) is 6.21. The van der Waals surface area contributed by atoms with Gasteiger partial charge in [0.25, 0.3) is 0 Å². The van der Waals surface area contributed by atoms with Gasteiger partial charge in [-0.1, -0.05) is 26.0 Å². The molecule has 0 bridgehead atoms. The van der Waals surface area contributed by atoms with E-state index in [1.54, 1.807) is 12.1 Å². The molecule has 0 aliphatic heterocycles. The number of amides is 1. The molecular formula is C20H23NO4. The summed E-state index contributed by atoms with van der Waals surface area (Å²) in [4.78, 5) is 22.9. The molecule has 0 aliphatic rings. The number of carboxylic acid groups (broad SMARTS) is 1. The molecule has 2 N–H and O–H groups in total. The third-order valence-electron chi connectivity index (χ3n) is 3.85. The Hall–Kier alpha value is -2.82. The van der Waals surface area contributed by atoms with E-state index in [-0.39, 0.29) is 24.5 Å². The highest BCUT2D eigenvalue weighted by Gasteiger charge is 2.08. The van der Waals surface area contributed by atoms with Gasteiger partial charge in [0.2, 0.25) is 5.91 Å². The number of aryl methyl sites for hydroxylation is 1. The van der Waals surface area contributed by atoms with Gasteiger partial charge in [0, 0.05) is 5.69 Å². The van der Waals surface area contributed by atoms with E-state index in [0.717, 1.165) is 5.75 Å². The van der Waals surface area contributed by atoms with Crippen molar-refractivity contribution in [2.45, 2.75) is 33.1 Å². The number of benzene rings is 2. The first-order valence-electron chi connectivity index (χ1n) is 8.23. The van der Waals surface area contributed by atoms with E-state index in [4.69, 9.17) is 9.84 Å². The van der Waals surface area contributed by atoms with Crippen LogP contribution in [0, 0.1) is 6.92 Å². The standard InChI is InChI=1S/C20H23NO4/c1-13(2)18-8-7-17(11-14(18)3)25-10-9-19(22)21-16-6-4-5-15(12-16)20(23)24/h4-8,11-13H,9-10H2,1-3H3,(H,21,22)(H,23,24). The van der Waals surface area contributed by atoms with Crippen LogP contribution in [-0.4, -0.2) is 23.6 Å². The summed E-state index contributed by atoms with van der Waals surface area (Å²) in [6.45, 7) is 6.59. The molecule has 0 unspecified atom stereocenters. The molecule has 0 atom stereocenters. The van der Waals surface area contributed by atoms with Crippen LogP contribution >= 0.6 is 0 Å². The molecule has 2 aromatic rings. The van der Waals surface area contributed by atoms with Gasteiger partial charge >= 0.3 is 5.97 Å². The number of hydrogen-bond acceptors (Lipinski definition) is 3. The van der Waals surface area contributed by atoms with Crippen molar-refractivity contribution in [3.8, 4) is 5.75 Å². The predicted molar refractivity (Wildman–Crippen MR) is 97.4 cm³/mol. The number of rotatable bonds is 7. The molecule has 5 nitrogen and oxygen atoms in total. The Morgan fingerprint density at radius 2 is 1.92 bits per heavy atom. The molecule has 0 aromatic heterocycles. The molecule has 0 saturated heterocycles. The Labute approximate surface area is 147 Å². The van der Waals surface area contributed by atoms with E-state index in [2.05, 4.69) is 19.2 Å². The molecule has 2 aromatic carbocycles. The Morgan fingerprint density at radius 1 is 1.16 bits per heavy atom. The molecule has 0 radical (unpaired) electrons. The summed E-state index contributed by atoms with van der Waals surface area (Å²) in [7, 11) is 0. The van der Waals surface area contributed by atoms with Crippen LogP contribution in [-0.2, 0) is 4.79 Å². The smallest absolute Gasteiger partial charge is 0.335 e. The lowest BCUT2D eigenvalue weighted by Crippen LogP contribution is -2.15. The number of carbonyl (C=O) groups is 2. The van der Waals surface area contributed by atoms with Gasteiger partial charge in [-0.25, -0.2) is 4.79 Å². The van der Waals surface area contributed by atoms with E-state index >= 15 is 0 Å². The number of ether oxygens (including phenoxy) is 1. The number of carboxylic acids is 1. The van der Waals surface area contributed by atoms with E-state index in [9.17, 15) is 9.59 Å². The Morgan fingerprint density at radius 3 is 2.56 bits per heavy atom. The minimum absolute atomic E-state index is 0.134. The Kier molecular flexibility index (Phi) is 6.17. The number of nitrogens with one attached hydrogen (secondary N) is 1. The maximum atomic E-state index is 12.0. The van der Waals surface area contributed by atoms with Crippen molar-refractivity contribution in [2.75, 3.05) is 11.9 Å². The van der Waals surface area contributed by atoms with Gasteiger partial charge < -0.3 is 15.2 Å². The minimum Gasteiger partial charge on any atom is -0.493 e.